The molecule has 0 saturated heterocycles. The Morgan fingerprint density at radius 2 is 2.36 bits per heavy atom. The largest absolute Gasteiger partial charge is 0.384 e. The van der Waals surface area contributed by atoms with Crippen molar-refractivity contribution in [3.63, 3.8) is 0 Å². The highest BCUT2D eigenvalue weighted by atomic mass is 16.5. The lowest BCUT2D eigenvalue weighted by Crippen LogP contribution is -2.29. The third kappa shape index (κ3) is 2.29. The minimum absolute atomic E-state index is 0.129. The lowest BCUT2D eigenvalue weighted by atomic mass is 9.76. The minimum Gasteiger partial charge on any atom is -0.384 e. The number of ether oxygens (including phenoxy) is 1. The minimum atomic E-state index is 0.129. The lowest BCUT2D eigenvalue weighted by molar-refractivity contribution is -0.124. The fourth-order valence-corrected chi connectivity index (χ4v) is 1.84. The molecule has 1 saturated carbocycles. The summed E-state index contributed by atoms with van der Waals surface area (Å²) in [5.74, 6) is 0.399. The molecular formula is C9H16O2. The quantitative estimate of drug-likeness (QED) is 0.609. The maximum absolute atomic E-state index is 11.1. The van der Waals surface area contributed by atoms with Gasteiger partial charge in [0.05, 0.1) is 6.61 Å². The van der Waals surface area contributed by atoms with Crippen LogP contribution in [0.25, 0.3) is 0 Å². The molecule has 2 heteroatoms. The summed E-state index contributed by atoms with van der Waals surface area (Å²) in [5.41, 5.74) is 0.129. The summed E-state index contributed by atoms with van der Waals surface area (Å²) in [6.07, 6.45) is 3.66. The van der Waals surface area contributed by atoms with Crippen molar-refractivity contribution < 1.29 is 9.53 Å². The van der Waals surface area contributed by atoms with Crippen LogP contribution in [0.1, 0.15) is 32.6 Å². The van der Waals surface area contributed by atoms with Crippen LogP contribution in [0.5, 0.6) is 0 Å². The maximum Gasteiger partial charge on any atom is 0.133 e. The van der Waals surface area contributed by atoms with E-state index in [1.165, 1.54) is 0 Å². The number of carbonyl (C=O) groups is 1. The molecule has 1 fully saturated rings. The van der Waals surface area contributed by atoms with Crippen molar-refractivity contribution >= 4 is 5.78 Å². The molecule has 1 aliphatic carbocycles. The molecule has 2 nitrogen and oxygen atoms in total. The van der Waals surface area contributed by atoms with Crippen LogP contribution < -0.4 is 0 Å². The van der Waals surface area contributed by atoms with E-state index in [4.69, 9.17) is 4.74 Å². The highest BCUT2D eigenvalue weighted by molar-refractivity contribution is 5.79. The van der Waals surface area contributed by atoms with Crippen molar-refractivity contribution in [2.24, 2.45) is 5.41 Å². The predicted molar refractivity (Wildman–Crippen MR) is 43.5 cm³/mol. The molecule has 0 heterocycles. The molecule has 11 heavy (non-hydrogen) atoms. The van der Waals surface area contributed by atoms with Gasteiger partial charge in [-0.15, -0.1) is 0 Å². The number of ketones is 1. The number of hydrogen-bond acceptors (Lipinski definition) is 2. The zero-order chi connectivity index (χ0) is 8.32. The first-order valence-electron chi connectivity index (χ1n) is 4.17. The van der Waals surface area contributed by atoms with E-state index in [0.717, 1.165) is 25.9 Å². The molecule has 1 unspecified atom stereocenters. The van der Waals surface area contributed by atoms with Crippen molar-refractivity contribution in [3.8, 4) is 0 Å². The Labute approximate surface area is 67.9 Å². The molecule has 0 N–H and O–H groups in total. The third-order valence-electron chi connectivity index (χ3n) is 2.35. The predicted octanol–water partition coefficient (Wildman–Crippen LogP) is 1.78. The van der Waals surface area contributed by atoms with Gasteiger partial charge >= 0.3 is 0 Å². The average Bonchev–Trinajstić information content (AvgIpc) is 1.86. The van der Waals surface area contributed by atoms with E-state index in [-0.39, 0.29) is 5.41 Å². The van der Waals surface area contributed by atoms with Gasteiger partial charge in [-0.05, 0) is 18.3 Å². The summed E-state index contributed by atoms with van der Waals surface area (Å²) in [4.78, 5) is 11.1. The molecule has 0 spiro atoms. The Hall–Kier alpha value is -0.370. The van der Waals surface area contributed by atoms with Crippen molar-refractivity contribution in [1.82, 2.24) is 0 Å². The van der Waals surface area contributed by atoms with Crippen LogP contribution in [0, 0.1) is 5.41 Å². The fraction of sp³-hybridized carbons (Fsp3) is 0.889. The Balaban J connectivity index is 2.48. The van der Waals surface area contributed by atoms with E-state index < -0.39 is 0 Å². The van der Waals surface area contributed by atoms with Gasteiger partial charge < -0.3 is 4.74 Å². The summed E-state index contributed by atoms with van der Waals surface area (Å²) in [6.45, 7) is 2.85. The van der Waals surface area contributed by atoms with Crippen LogP contribution in [-0.2, 0) is 9.53 Å². The van der Waals surface area contributed by atoms with E-state index in [1.807, 2.05) is 0 Å². The van der Waals surface area contributed by atoms with Gasteiger partial charge in [0, 0.05) is 20.0 Å². The van der Waals surface area contributed by atoms with E-state index >= 15 is 0 Å². The van der Waals surface area contributed by atoms with Crippen LogP contribution in [0.3, 0.4) is 0 Å². The Kier molecular flexibility index (Phi) is 2.66. The van der Waals surface area contributed by atoms with Gasteiger partial charge in [0.1, 0.15) is 5.78 Å². The number of Topliss-reactive ketones (excluding diaryl/α,β-unsaturated/α-hetero) is 1. The number of hydrogen-bond donors (Lipinski definition) is 0. The molecule has 1 aliphatic rings. The van der Waals surface area contributed by atoms with Crippen molar-refractivity contribution in [3.05, 3.63) is 0 Å². The van der Waals surface area contributed by atoms with Crippen LogP contribution in [-0.4, -0.2) is 19.5 Å². The van der Waals surface area contributed by atoms with Gasteiger partial charge in [-0.2, -0.15) is 0 Å². The van der Waals surface area contributed by atoms with Gasteiger partial charge in [-0.3, -0.25) is 4.79 Å². The van der Waals surface area contributed by atoms with Crippen molar-refractivity contribution in [1.29, 1.82) is 0 Å². The molecule has 0 aromatic heterocycles. The monoisotopic (exact) mass is 156 g/mol. The van der Waals surface area contributed by atoms with Gasteiger partial charge in [-0.1, -0.05) is 6.92 Å². The average molecular weight is 156 g/mol. The molecule has 64 valence electrons. The van der Waals surface area contributed by atoms with Crippen LogP contribution in [0.4, 0.5) is 0 Å². The molecule has 0 aromatic carbocycles. The summed E-state index contributed by atoms with van der Waals surface area (Å²) < 4.78 is 5.08. The second-order valence-corrected chi connectivity index (χ2v) is 3.81. The van der Waals surface area contributed by atoms with Crippen molar-refractivity contribution in [2.75, 3.05) is 13.7 Å². The Morgan fingerprint density at radius 3 is 2.91 bits per heavy atom. The first-order valence-corrected chi connectivity index (χ1v) is 4.17. The zero-order valence-corrected chi connectivity index (χ0v) is 7.35. The summed E-state index contributed by atoms with van der Waals surface area (Å²) in [7, 11) is 1.70. The fourth-order valence-electron chi connectivity index (χ4n) is 1.84. The van der Waals surface area contributed by atoms with E-state index in [2.05, 4.69) is 6.92 Å². The molecule has 0 aromatic rings. The molecule has 1 rings (SSSR count). The smallest absolute Gasteiger partial charge is 0.133 e. The topological polar surface area (TPSA) is 26.3 Å². The molecule has 0 bridgehead atoms. The van der Waals surface area contributed by atoms with Crippen LogP contribution >= 0.6 is 0 Å². The zero-order valence-electron chi connectivity index (χ0n) is 7.35. The van der Waals surface area contributed by atoms with E-state index in [1.54, 1.807) is 7.11 Å². The van der Waals surface area contributed by atoms with E-state index in [0.29, 0.717) is 12.2 Å². The normalized spacial score (nSPS) is 32.4. The molecule has 0 amide bonds. The first kappa shape index (κ1) is 8.72. The number of carbonyl (C=O) groups excluding carboxylic acids is 1. The summed E-state index contributed by atoms with van der Waals surface area (Å²) in [5, 5.41) is 0. The second kappa shape index (κ2) is 3.35. The standard InChI is InChI=1S/C9H16O2/c1-9(7-11-2)5-3-4-8(10)6-9/h3-7H2,1-2H3. The van der Waals surface area contributed by atoms with Crippen molar-refractivity contribution in [2.45, 2.75) is 32.6 Å². The summed E-state index contributed by atoms with van der Waals surface area (Å²) in [6, 6.07) is 0. The van der Waals surface area contributed by atoms with Gasteiger partial charge in [0.2, 0.25) is 0 Å². The van der Waals surface area contributed by atoms with Crippen LogP contribution in [0.15, 0.2) is 0 Å². The Morgan fingerprint density at radius 1 is 1.64 bits per heavy atom. The second-order valence-electron chi connectivity index (χ2n) is 3.81. The lowest BCUT2D eigenvalue weighted by Gasteiger charge is -2.31. The van der Waals surface area contributed by atoms with Crippen LogP contribution in [0.2, 0.25) is 0 Å². The molecule has 1 atom stereocenters. The highest BCUT2D eigenvalue weighted by Crippen LogP contribution is 2.33. The first-order chi connectivity index (χ1) is 5.16. The highest BCUT2D eigenvalue weighted by Gasteiger charge is 2.30. The van der Waals surface area contributed by atoms with Gasteiger partial charge in [-0.25, -0.2) is 0 Å². The molecular weight excluding hydrogens is 140 g/mol. The maximum atomic E-state index is 11.1. The SMILES string of the molecule is COCC1(C)CCCC(=O)C1. The van der Waals surface area contributed by atoms with Gasteiger partial charge in [0.25, 0.3) is 0 Å². The Bertz CT molecular complexity index is 150. The molecule has 0 radical (unpaired) electrons. The number of rotatable bonds is 2. The summed E-state index contributed by atoms with van der Waals surface area (Å²) >= 11 is 0. The van der Waals surface area contributed by atoms with E-state index in [9.17, 15) is 4.79 Å². The number of methoxy groups -OCH3 is 1. The molecule has 0 aliphatic heterocycles. The third-order valence-corrected chi connectivity index (χ3v) is 2.35. The van der Waals surface area contributed by atoms with Gasteiger partial charge in [0.15, 0.2) is 0 Å².